The third kappa shape index (κ3) is 8.34. The van der Waals surface area contributed by atoms with E-state index in [2.05, 4.69) is 0 Å². The molecule has 0 radical (unpaired) electrons. The van der Waals surface area contributed by atoms with Crippen LogP contribution >= 0.6 is 0 Å². The van der Waals surface area contributed by atoms with Crippen molar-refractivity contribution in [2.24, 2.45) is 0 Å². The van der Waals surface area contributed by atoms with Crippen molar-refractivity contribution in [2.75, 3.05) is 13.7 Å². The topological polar surface area (TPSA) is 159 Å². The number of rotatable bonds is 10. The van der Waals surface area contributed by atoms with Gasteiger partial charge in [-0.15, -0.1) is 0 Å². The molecule has 1 aliphatic rings. The van der Waals surface area contributed by atoms with Gasteiger partial charge in [0, 0.05) is 27.7 Å². The first-order valence-electron chi connectivity index (χ1n) is 11.3. The Morgan fingerprint density at radius 2 is 1.35 bits per heavy atom. The smallest absolute Gasteiger partial charge is 0.339 e. The Balaban J connectivity index is 2.36. The molecule has 0 unspecified atom stereocenters. The van der Waals surface area contributed by atoms with E-state index in [9.17, 15) is 24.0 Å². The molecule has 1 saturated heterocycles. The lowest BCUT2D eigenvalue weighted by molar-refractivity contribution is -0.294. The Morgan fingerprint density at radius 3 is 1.89 bits per heavy atom. The van der Waals surface area contributed by atoms with Crippen molar-refractivity contribution in [3.63, 3.8) is 0 Å². The molecule has 0 spiro atoms. The van der Waals surface area contributed by atoms with E-state index in [1.807, 2.05) is 6.92 Å². The molecule has 0 N–H and O–H groups in total. The zero-order valence-electron chi connectivity index (χ0n) is 21.3. The van der Waals surface area contributed by atoms with Crippen molar-refractivity contribution in [1.29, 1.82) is 0 Å². The molecule has 0 saturated carbocycles. The van der Waals surface area contributed by atoms with Crippen molar-refractivity contribution in [1.82, 2.24) is 0 Å². The summed E-state index contributed by atoms with van der Waals surface area (Å²) in [6, 6.07) is 4.89. The van der Waals surface area contributed by atoms with Gasteiger partial charge in [-0.2, -0.15) is 0 Å². The third-order valence-electron chi connectivity index (χ3n) is 4.82. The molecule has 1 heterocycles. The van der Waals surface area contributed by atoms with E-state index < -0.39 is 60.6 Å². The number of hydrogen-bond acceptors (Lipinski definition) is 13. The predicted molar refractivity (Wildman–Crippen MR) is 121 cm³/mol. The highest BCUT2D eigenvalue weighted by Crippen LogP contribution is 2.31. The van der Waals surface area contributed by atoms with Crippen LogP contribution in [-0.2, 0) is 59.0 Å². The van der Waals surface area contributed by atoms with Crippen LogP contribution in [0.25, 0.3) is 0 Å². The first-order valence-corrected chi connectivity index (χ1v) is 11.3. The van der Waals surface area contributed by atoms with Crippen LogP contribution in [0.4, 0.5) is 0 Å². The van der Waals surface area contributed by atoms with E-state index in [-0.39, 0.29) is 6.61 Å². The maximum absolute atomic E-state index is 13.1. The molecule has 1 aliphatic heterocycles. The lowest BCUT2D eigenvalue weighted by atomic mass is 9.97. The van der Waals surface area contributed by atoms with Gasteiger partial charge >= 0.3 is 29.8 Å². The van der Waals surface area contributed by atoms with Crippen molar-refractivity contribution in [2.45, 2.75) is 71.9 Å². The quantitative estimate of drug-likeness (QED) is 0.317. The van der Waals surface area contributed by atoms with E-state index in [4.69, 9.17) is 37.9 Å². The standard InChI is InChI=1S/C24H30O13/c1-7-31-17-9-8-16(10-18(17)30-6)11-32-23(29)21-19(33-12(2)25)20(34-13(3)26)22(35-14(4)27)24(37-21)36-15(5)28/h8-10,19-22,24H,7,11H2,1-6H3/t19-,20-,21-,22+,24-/m0/s1. The summed E-state index contributed by atoms with van der Waals surface area (Å²) < 4.78 is 42.4. The van der Waals surface area contributed by atoms with Crippen LogP contribution in [0.2, 0.25) is 0 Å². The molecule has 2 rings (SSSR count). The summed E-state index contributed by atoms with van der Waals surface area (Å²) in [7, 11) is 1.46. The molecule has 1 aromatic carbocycles. The highest BCUT2D eigenvalue weighted by atomic mass is 16.7. The second kappa shape index (κ2) is 13.4. The van der Waals surface area contributed by atoms with Gasteiger partial charge < -0.3 is 37.9 Å². The fourth-order valence-electron chi connectivity index (χ4n) is 3.54. The van der Waals surface area contributed by atoms with E-state index in [0.717, 1.165) is 27.7 Å². The first kappa shape index (κ1) is 29.4. The van der Waals surface area contributed by atoms with Crippen LogP contribution in [0.1, 0.15) is 40.2 Å². The average Bonchev–Trinajstić information content (AvgIpc) is 2.80. The normalized spacial score (nSPS) is 22.7. The summed E-state index contributed by atoms with van der Waals surface area (Å²) in [5.74, 6) is -3.51. The number of benzene rings is 1. The fourth-order valence-corrected chi connectivity index (χ4v) is 3.54. The Kier molecular flexibility index (Phi) is 10.7. The number of ether oxygens (including phenoxy) is 8. The molecular formula is C24H30O13. The van der Waals surface area contributed by atoms with E-state index in [0.29, 0.717) is 23.7 Å². The van der Waals surface area contributed by atoms with Crippen LogP contribution < -0.4 is 9.47 Å². The van der Waals surface area contributed by atoms with Gasteiger partial charge in [0.2, 0.25) is 12.4 Å². The fraction of sp³-hybridized carbons (Fsp3) is 0.542. The summed E-state index contributed by atoms with van der Waals surface area (Å²) >= 11 is 0. The van der Waals surface area contributed by atoms with Gasteiger partial charge in [0.15, 0.2) is 29.8 Å². The van der Waals surface area contributed by atoms with Crippen LogP contribution in [0.3, 0.4) is 0 Å². The Morgan fingerprint density at radius 1 is 0.784 bits per heavy atom. The van der Waals surface area contributed by atoms with E-state index in [1.54, 1.807) is 18.2 Å². The second-order valence-corrected chi connectivity index (χ2v) is 7.78. The highest BCUT2D eigenvalue weighted by molar-refractivity contribution is 5.77. The van der Waals surface area contributed by atoms with Crippen molar-refractivity contribution in [3.05, 3.63) is 23.8 Å². The van der Waals surface area contributed by atoms with Gasteiger partial charge in [0.05, 0.1) is 13.7 Å². The maximum Gasteiger partial charge on any atom is 0.339 e. The Hall–Kier alpha value is -3.87. The number of methoxy groups -OCH3 is 1. The van der Waals surface area contributed by atoms with Gasteiger partial charge in [0.25, 0.3) is 0 Å². The minimum Gasteiger partial charge on any atom is -0.493 e. The molecule has 204 valence electrons. The molecule has 1 fully saturated rings. The van der Waals surface area contributed by atoms with Gasteiger partial charge in [0.1, 0.15) is 6.61 Å². The number of carbonyl (C=O) groups excluding carboxylic acids is 5. The molecule has 5 atom stereocenters. The molecule has 1 aromatic rings. The van der Waals surface area contributed by atoms with Crippen LogP contribution in [0, 0.1) is 0 Å². The summed E-state index contributed by atoms with van der Waals surface area (Å²) in [4.78, 5) is 60.2. The summed E-state index contributed by atoms with van der Waals surface area (Å²) in [6.07, 6.45) is -8.10. The van der Waals surface area contributed by atoms with Crippen molar-refractivity contribution in [3.8, 4) is 11.5 Å². The Labute approximate surface area is 213 Å². The van der Waals surface area contributed by atoms with Gasteiger partial charge in [-0.05, 0) is 24.6 Å². The summed E-state index contributed by atoms with van der Waals surface area (Å²) in [5.41, 5.74) is 0.527. The van der Waals surface area contributed by atoms with E-state index in [1.165, 1.54) is 7.11 Å². The van der Waals surface area contributed by atoms with Crippen LogP contribution in [-0.4, -0.2) is 74.3 Å². The van der Waals surface area contributed by atoms with Gasteiger partial charge in [-0.1, -0.05) is 6.07 Å². The molecule has 0 aromatic heterocycles. The number of hydrogen-bond donors (Lipinski definition) is 0. The lowest BCUT2D eigenvalue weighted by Crippen LogP contribution is -2.64. The first-order chi connectivity index (χ1) is 17.5. The van der Waals surface area contributed by atoms with Crippen LogP contribution in [0.5, 0.6) is 11.5 Å². The van der Waals surface area contributed by atoms with Crippen molar-refractivity contribution >= 4 is 29.8 Å². The zero-order chi connectivity index (χ0) is 27.7. The molecule has 13 nitrogen and oxygen atoms in total. The largest absolute Gasteiger partial charge is 0.493 e. The highest BCUT2D eigenvalue weighted by Gasteiger charge is 2.56. The van der Waals surface area contributed by atoms with Gasteiger partial charge in [-0.25, -0.2) is 4.79 Å². The zero-order valence-corrected chi connectivity index (χ0v) is 21.3. The second-order valence-electron chi connectivity index (χ2n) is 7.78. The molecular weight excluding hydrogens is 496 g/mol. The van der Waals surface area contributed by atoms with Crippen LogP contribution in [0.15, 0.2) is 18.2 Å². The average molecular weight is 526 g/mol. The maximum atomic E-state index is 13.1. The minimum atomic E-state index is -1.71. The third-order valence-corrected chi connectivity index (χ3v) is 4.82. The molecule has 0 bridgehead atoms. The Bertz CT molecular complexity index is 1000. The molecule has 13 heteroatoms. The SMILES string of the molecule is CCOc1ccc(COC(=O)[C@H]2O[C@H](OC(C)=O)[C@H](OC(C)=O)[C@@H](OC(C)=O)[C@@H]2OC(C)=O)cc1OC. The van der Waals surface area contributed by atoms with Crippen molar-refractivity contribution < 1.29 is 61.9 Å². The molecule has 0 amide bonds. The minimum absolute atomic E-state index is 0.252. The molecule has 37 heavy (non-hydrogen) atoms. The number of esters is 5. The van der Waals surface area contributed by atoms with E-state index >= 15 is 0 Å². The monoisotopic (exact) mass is 526 g/mol. The summed E-state index contributed by atoms with van der Waals surface area (Å²) in [6.45, 7) is 6.20. The molecule has 0 aliphatic carbocycles. The predicted octanol–water partition coefficient (Wildman–Crippen LogP) is 1.22. The number of carbonyl (C=O) groups is 5. The lowest BCUT2D eigenvalue weighted by Gasteiger charge is -2.42. The summed E-state index contributed by atoms with van der Waals surface area (Å²) in [5, 5.41) is 0. The van der Waals surface area contributed by atoms with Gasteiger partial charge in [-0.3, -0.25) is 19.2 Å².